The number of aryl methyl sites for hydroxylation is 1. The van der Waals surface area contributed by atoms with Gasteiger partial charge in [0.15, 0.2) is 0 Å². The van der Waals surface area contributed by atoms with Crippen LogP contribution in [0.25, 0.3) is 0 Å². The van der Waals surface area contributed by atoms with E-state index in [0.29, 0.717) is 25.8 Å². The first-order chi connectivity index (χ1) is 9.24. The Morgan fingerprint density at radius 2 is 2.26 bits per heavy atom. The zero-order valence-corrected chi connectivity index (χ0v) is 11.7. The van der Waals surface area contributed by atoms with Crippen LogP contribution in [0.4, 0.5) is 0 Å². The maximum atomic E-state index is 9.85. The Bertz CT molecular complexity index is 361. The van der Waals surface area contributed by atoms with Crippen LogP contribution in [0.1, 0.15) is 37.8 Å². The molecule has 0 saturated heterocycles. The molecule has 1 saturated carbocycles. The van der Waals surface area contributed by atoms with Crippen LogP contribution in [0, 0.1) is 0 Å². The summed E-state index contributed by atoms with van der Waals surface area (Å²) >= 11 is 0. The maximum Gasteiger partial charge on any atom is 0.0897 e. The first-order valence-corrected chi connectivity index (χ1v) is 7.23. The molecule has 1 unspecified atom stereocenters. The van der Waals surface area contributed by atoms with Crippen molar-refractivity contribution in [2.45, 2.75) is 50.9 Å². The van der Waals surface area contributed by atoms with Crippen LogP contribution < -0.4 is 5.32 Å². The molecule has 0 aromatic carbocycles. The lowest BCUT2D eigenvalue weighted by atomic mass is 9.98. The smallest absolute Gasteiger partial charge is 0.0897 e. The van der Waals surface area contributed by atoms with Crippen LogP contribution in [0.2, 0.25) is 0 Å². The van der Waals surface area contributed by atoms with E-state index in [1.54, 1.807) is 4.68 Å². The molecule has 1 aliphatic rings. The van der Waals surface area contributed by atoms with Crippen LogP contribution in [-0.4, -0.2) is 40.2 Å². The highest BCUT2D eigenvalue weighted by Crippen LogP contribution is 2.20. The van der Waals surface area contributed by atoms with Gasteiger partial charge in [-0.25, -0.2) is 0 Å². The van der Waals surface area contributed by atoms with Crippen molar-refractivity contribution < 1.29 is 9.84 Å². The van der Waals surface area contributed by atoms with Gasteiger partial charge in [0.05, 0.1) is 24.5 Å². The number of hydrogen-bond acceptors (Lipinski definition) is 4. The molecule has 0 amide bonds. The molecule has 108 valence electrons. The third kappa shape index (κ3) is 5.30. The predicted molar refractivity (Wildman–Crippen MR) is 73.7 cm³/mol. The number of nitrogens with zero attached hydrogens (tertiary/aromatic N) is 2. The maximum absolute atomic E-state index is 9.85. The number of aliphatic hydroxyl groups excluding tert-OH is 1. The van der Waals surface area contributed by atoms with E-state index in [4.69, 9.17) is 4.74 Å². The Kier molecular flexibility index (Phi) is 5.82. The topological polar surface area (TPSA) is 59.3 Å². The van der Waals surface area contributed by atoms with E-state index in [1.165, 1.54) is 19.3 Å². The highest BCUT2D eigenvalue weighted by atomic mass is 16.5. The average Bonchev–Trinajstić information content (AvgIpc) is 2.83. The van der Waals surface area contributed by atoms with E-state index in [1.807, 2.05) is 19.3 Å². The van der Waals surface area contributed by atoms with Crippen LogP contribution >= 0.6 is 0 Å². The molecular weight excluding hydrogens is 242 g/mol. The minimum atomic E-state index is -0.439. The number of nitrogens with one attached hydrogen (secondary N) is 1. The fourth-order valence-corrected chi connectivity index (χ4v) is 2.46. The molecule has 0 aliphatic heterocycles. The van der Waals surface area contributed by atoms with Crippen molar-refractivity contribution in [3.63, 3.8) is 0 Å². The van der Waals surface area contributed by atoms with Crippen molar-refractivity contribution in [3.8, 4) is 0 Å². The minimum absolute atomic E-state index is 0.360. The fraction of sp³-hybridized carbons (Fsp3) is 0.786. The van der Waals surface area contributed by atoms with Crippen molar-refractivity contribution in [1.82, 2.24) is 15.1 Å². The second-order valence-electron chi connectivity index (χ2n) is 5.36. The molecule has 5 nitrogen and oxygen atoms in total. The molecular formula is C14H25N3O2. The van der Waals surface area contributed by atoms with Crippen molar-refractivity contribution in [2.24, 2.45) is 7.05 Å². The largest absolute Gasteiger partial charge is 0.389 e. The summed E-state index contributed by atoms with van der Waals surface area (Å²) in [5.74, 6) is 0. The Morgan fingerprint density at radius 3 is 2.95 bits per heavy atom. The van der Waals surface area contributed by atoms with E-state index in [9.17, 15) is 5.11 Å². The Hall–Kier alpha value is -0.910. The molecule has 1 fully saturated rings. The summed E-state index contributed by atoms with van der Waals surface area (Å²) in [5.41, 5.74) is 0.989. The van der Waals surface area contributed by atoms with Crippen LogP contribution in [0.15, 0.2) is 12.3 Å². The van der Waals surface area contributed by atoms with Gasteiger partial charge in [0.1, 0.15) is 0 Å². The normalized spacial score (nSPS) is 18.6. The molecule has 1 aromatic rings. The number of rotatable bonds is 7. The lowest BCUT2D eigenvalue weighted by Crippen LogP contribution is -2.32. The van der Waals surface area contributed by atoms with Gasteiger partial charge in [0, 0.05) is 26.3 Å². The first-order valence-electron chi connectivity index (χ1n) is 7.23. The molecule has 19 heavy (non-hydrogen) atoms. The Labute approximate surface area is 115 Å². The molecule has 0 radical (unpaired) electrons. The van der Waals surface area contributed by atoms with Crippen LogP contribution in [0.5, 0.6) is 0 Å². The predicted octanol–water partition coefficient (Wildman–Crippen LogP) is 1.22. The standard InChI is InChI=1S/C14H25N3O2/c1-17-8-7-12(16-17)9-15-10-13(18)11-19-14-5-3-2-4-6-14/h7-8,13-15,18H,2-6,9-11H2,1H3. The van der Waals surface area contributed by atoms with Gasteiger partial charge < -0.3 is 15.2 Å². The SMILES string of the molecule is Cn1ccc(CNCC(O)COC2CCCCC2)n1. The number of aromatic nitrogens is 2. The molecule has 2 rings (SSSR count). The zero-order valence-electron chi connectivity index (χ0n) is 11.7. The fourth-order valence-electron chi connectivity index (χ4n) is 2.46. The summed E-state index contributed by atoms with van der Waals surface area (Å²) in [4.78, 5) is 0. The van der Waals surface area contributed by atoms with Crippen molar-refractivity contribution in [3.05, 3.63) is 18.0 Å². The van der Waals surface area contributed by atoms with Crippen molar-refractivity contribution in [1.29, 1.82) is 0 Å². The summed E-state index contributed by atoms with van der Waals surface area (Å²) in [5, 5.41) is 17.3. The zero-order chi connectivity index (χ0) is 13.5. The number of aliphatic hydroxyl groups is 1. The molecule has 1 atom stereocenters. The van der Waals surface area contributed by atoms with Crippen molar-refractivity contribution in [2.75, 3.05) is 13.2 Å². The summed E-state index contributed by atoms with van der Waals surface area (Å²) in [7, 11) is 1.90. The van der Waals surface area contributed by atoms with Gasteiger partial charge in [-0.2, -0.15) is 5.10 Å². The van der Waals surface area contributed by atoms with E-state index >= 15 is 0 Å². The van der Waals surface area contributed by atoms with Gasteiger partial charge in [-0.15, -0.1) is 0 Å². The molecule has 1 aliphatic carbocycles. The molecule has 5 heteroatoms. The first kappa shape index (κ1) is 14.5. The number of hydrogen-bond donors (Lipinski definition) is 2. The lowest BCUT2D eigenvalue weighted by molar-refractivity contribution is -0.0230. The Morgan fingerprint density at radius 1 is 1.47 bits per heavy atom. The van der Waals surface area contributed by atoms with Gasteiger partial charge in [0.2, 0.25) is 0 Å². The summed E-state index contributed by atoms with van der Waals surface area (Å²) < 4.78 is 7.52. The average molecular weight is 267 g/mol. The molecule has 0 spiro atoms. The summed E-state index contributed by atoms with van der Waals surface area (Å²) in [6.07, 6.45) is 7.98. The van der Waals surface area contributed by atoms with Gasteiger partial charge in [-0.05, 0) is 18.9 Å². The van der Waals surface area contributed by atoms with Crippen molar-refractivity contribution >= 4 is 0 Å². The highest BCUT2D eigenvalue weighted by molar-refractivity contribution is 4.97. The molecule has 1 aromatic heterocycles. The van der Waals surface area contributed by atoms with E-state index in [-0.39, 0.29) is 0 Å². The lowest BCUT2D eigenvalue weighted by Gasteiger charge is -2.23. The van der Waals surface area contributed by atoms with Gasteiger partial charge in [-0.1, -0.05) is 19.3 Å². The summed E-state index contributed by atoms with van der Waals surface area (Å²) in [6, 6.07) is 1.97. The number of ether oxygens (including phenoxy) is 1. The van der Waals surface area contributed by atoms with Gasteiger partial charge >= 0.3 is 0 Å². The van der Waals surface area contributed by atoms with E-state index < -0.39 is 6.10 Å². The van der Waals surface area contributed by atoms with E-state index in [0.717, 1.165) is 18.5 Å². The second kappa shape index (κ2) is 7.62. The molecule has 0 bridgehead atoms. The minimum Gasteiger partial charge on any atom is -0.389 e. The Balaban J connectivity index is 1.55. The second-order valence-corrected chi connectivity index (χ2v) is 5.36. The van der Waals surface area contributed by atoms with Crippen LogP contribution in [-0.2, 0) is 18.3 Å². The highest BCUT2D eigenvalue weighted by Gasteiger charge is 2.15. The van der Waals surface area contributed by atoms with Gasteiger partial charge in [0.25, 0.3) is 0 Å². The van der Waals surface area contributed by atoms with Crippen LogP contribution in [0.3, 0.4) is 0 Å². The summed E-state index contributed by atoms with van der Waals surface area (Å²) in [6.45, 7) is 1.66. The molecule has 2 N–H and O–H groups in total. The monoisotopic (exact) mass is 267 g/mol. The quantitative estimate of drug-likeness (QED) is 0.780. The van der Waals surface area contributed by atoms with E-state index in [2.05, 4.69) is 10.4 Å². The third-order valence-electron chi connectivity index (χ3n) is 3.53. The molecule has 1 heterocycles. The van der Waals surface area contributed by atoms with Gasteiger partial charge in [-0.3, -0.25) is 4.68 Å². The third-order valence-corrected chi connectivity index (χ3v) is 3.53.